The zero-order chi connectivity index (χ0) is 56.5. The Morgan fingerprint density at radius 3 is 1.14 bits per heavy atom. The molecule has 85 heavy (non-hydrogen) atoms. The van der Waals surface area contributed by atoms with Gasteiger partial charge >= 0.3 is 17.9 Å². The number of alkyl halides is 1. The minimum absolute atomic E-state index is 0. The van der Waals surface area contributed by atoms with Crippen LogP contribution in [0.2, 0.25) is 0 Å². The molecule has 9 fully saturated rings. The largest absolute Gasteiger partial charge is 1.00 e. The summed E-state index contributed by atoms with van der Waals surface area (Å²) in [5.41, 5.74) is -5.11. The highest BCUT2D eigenvalue weighted by atomic mass is 79.9. The van der Waals surface area contributed by atoms with Gasteiger partial charge in [0.15, 0.2) is 0 Å². The molecule has 5 N–H and O–H groups in total. The number of rotatable bonds is 11. The van der Waals surface area contributed by atoms with Gasteiger partial charge in [-0.2, -0.15) is 0 Å². The van der Waals surface area contributed by atoms with Crippen LogP contribution in [0.5, 0.6) is 0 Å². The Balaban J connectivity index is 0.000000183. The third-order valence-electron chi connectivity index (χ3n) is 17.9. The van der Waals surface area contributed by atoms with E-state index in [0.29, 0.717) is 102 Å². The third kappa shape index (κ3) is 13.1. The Morgan fingerprint density at radius 2 is 0.835 bits per heavy atom. The van der Waals surface area contributed by atoms with Gasteiger partial charge < -0.3 is 75.2 Å². The number of likely N-dealkylation sites (N-methyl/N-ethyl adjacent to an activating group) is 3. The third-order valence-corrected chi connectivity index (χ3v) is 23.7. The van der Waals surface area contributed by atoms with Gasteiger partial charge in [0.1, 0.15) is 73.0 Å². The lowest BCUT2D eigenvalue weighted by Crippen LogP contribution is -3.17. The highest BCUT2D eigenvalue weighted by molar-refractivity contribution is 9.08. The molecule has 9 aliphatic rings. The number of aliphatic hydroxyl groups excluding tert-OH is 1. The molecule has 6 aromatic rings. The van der Waals surface area contributed by atoms with E-state index in [0.717, 1.165) is 43.0 Å². The number of hydrogen-bond donors (Lipinski definition) is 5. The second kappa shape index (κ2) is 28.6. The molecule has 6 bridgehead atoms. The molecule has 0 aliphatic carbocycles. The average molecular weight is 1420 g/mol. The van der Waals surface area contributed by atoms with Gasteiger partial charge in [-0.05, 0) is 81.6 Å². The standard InChI is InChI=1S/C19H22NO4S2.C18H19NO4S2.C11H10O3S2.C8H13NO2.CH3Br.4CH4.BrH/c1-20(2)12-9-11(10-13(20)17-16(12)24-17)23-18(21)19(22,14-5-3-7-25-14)15-6-4-8-26-15;1-19-11-8-10(9-12(19)16-15(11)23-16)22-17(20)18(21,13-4-2-6-24-13)14-5-3-7-25-14;1-14-10(12)11(13,8-4-2-6-15-8)9-5-3-7-16-9;1-9-5-2-4(10)3-6(9)8-7(5)11-8;1-2;;;;;/h3-8,11-13,16-17,22H,9-10H2,1-2H3;2-7,10-12,15-16,21H,8-9H2,1H3;2-7,13H,1H3;4-8,10H,2-3H2,1H3;1H3;4*1H4;1H/q+1;;;;;;;;;. The molecule has 470 valence electrons. The lowest BCUT2D eigenvalue weighted by Gasteiger charge is -2.45. The number of quaternary nitrogens is 2. The number of nitrogens with zero attached hydrogens (tertiary/aromatic N) is 2. The van der Waals surface area contributed by atoms with E-state index in [1.165, 1.54) is 75.1 Å². The summed E-state index contributed by atoms with van der Waals surface area (Å²) in [6.07, 6.45) is 6.86. The molecule has 9 saturated heterocycles. The molecule has 12 unspecified atom stereocenters. The molecule has 6 aromatic heterocycles. The molecule has 15 heterocycles. The number of ether oxygens (including phenoxy) is 6. The molecule has 24 heteroatoms. The van der Waals surface area contributed by atoms with E-state index in [4.69, 9.17) is 23.7 Å². The molecule has 0 saturated carbocycles. The number of halogens is 2. The van der Waals surface area contributed by atoms with Crippen molar-refractivity contribution >= 4 is 102 Å². The Bertz CT molecular complexity index is 2870. The number of methoxy groups -OCH3 is 1. The number of esters is 3. The molecule has 15 rings (SSSR count). The average Bonchev–Trinajstić information content (AvgIpc) is 1.59. The topological polar surface area (TPSA) is 205 Å². The number of epoxide rings is 3. The number of aliphatic hydroxyl groups is 4. The number of hydrogen-bond acceptors (Lipinski definition) is 20. The minimum Gasteiger partial charge on any atom is -1.00 e. The minimum atomic E-state index is -1.72. The van der Waals surface area contributed by atoms with Crippen LogP contribution in [-0.4, -0.2) is 180 Å². The van der Waals surface area contributed by atoms with Crippen LogP contribution in [0.15, 0.2) is 105 Å². The Morgan fingerprint density at radius 1 is 0.541 bits per heavy atom. The van der Waals surface area contributed by atoms with Gasteiger partial charge in [0.25, 0.3) is 0 Å². The van der Waals surface area contributed by atoms with Crippen LogP contribution in [0.25, 0.3) is 0 Å². The first-order valence-corrected chi connectivity index (χ1v) is 33.7. The lowest BCUT2D eigenvalue weighted by molar-refractivity contribution is -0.938. The fraction of sp³-hybridized carbons (Fsp3) is 0.557. The Kier molecular flexibility index (Phi) is 23.9. The molecular weight excluding hydrogens is 1330 g/mol. The lowest BCUT2D eigenvalue weighted by atomic mass is 9.95. The second-order valence-corrected chi connectivity index (χ2v) is 28.0. The summed E-state index contributed by atoms with van der Waals surface area (Å²) < 4.78 is 34.4. The van der Waals surface area contributed by atoms with Crippen LogP contribution in [0.4, 0.5) is 0 Å². The van der Waals surface area contributed by atoms with E-state index < -0.39 is 34.7 Å². The monoisotopic (exact) mass is 1420 g/mol. The summed E-state index contributed by atoms with van der Waals surface area (Å²) >= 11 is 11.1. The zero-order valence-electron chi connectivity index (χ0n) is 45.4. The Hall–Kier alpha value is -2.83. The Labute approximate surface area is 543 Å². The SMILES string of the molecule is C.C.C.C.CBr.CN1C2CC(OC(=O)C(O)(c3cccs3)c3cccs3)CC1C1OC12.COC(=O)C(O)(c1cccs1)c1cccs1.C[N+]1(C)C2CC(OC(=O)C(O)(c3cccs3)c3cccs3)CC1C1OC12.C[NH+]1C2CC(O)CC1C1OC12.[Br-]. The van der Waals surface area contributed by atoms with Gasteiger partial charge in [0.05, 0.1) is 63.6 Å². The van der Waals surface area contributed by atoms with E-state index in [9.17, 15) is 34.8 Å². The van der Waals surface area contributed by atoms with Crippen molar-refractivity contribution in [3.8, 4) is 0 Å². The first kappa shape index (κ1) is 71.2. The highest BCUT2D eigenvalue weighted by Gasteiger charge is 2.71. The van der Waals surface area contributed by atoms with Crippen LogP contribution < -0.4 is 21.9 Å². The summed E-state index contributed by atoms with van der Waals surface area (Å²) in [5, 5.41) is 53.8. The molecule has 0 amide bonds. The van der Waals surface area contributed by atoms with Crippen LogP contribution in [0.3, 0.4) is 0 Å². The quantitative estimate of drug-likeness (QED) is 0.0358. The van der Waals surface area contributed by atoms with Gasteiger partial charge in [-0.1, -0.05) is 82.0 Å². The van der Waals surface area contributed by atoms with Crippen LogP contribution >= 0.6 is 84.0 Å². The maximum atomic E-state index is 13.1. The fourth-order valence-corrected chi connectivity index (χ4v) is 18.6. The molecule has 0 spiro atoms. The second-order valence-electron chi connectivity index (χ2n) is 22.3. The zero-order valence-corrected chi connectivity index (χ0v) is 53.4. The summed E-state index contributed by atoms with van der Waals surface area (Å²) in [5.74, 6) is 0.0273. The molecule has 0 aromatic carbocycles. The van der Waals surface area contributed by atoms with Gasteiger partial charge in [0, 0.05) is 50.6 Å². The molecule has 16 nitrogen and oxygen atoms in total. The smallest absolute Gasteiger partial charge is 0.349 e. The molecule has 9 aliphatic heterocycles. The summed E-state index contributed by atoms with van der Waals surface area (Å²) in [6, 6.07) is 24.1. The maximum Gasteiger partial charge on any atom is 0.349 e. The predicted octanol–water partition coefficient (Wildman–Crippen LogP) is 5.50. The maximum absolute atomic E-state index is 13.1. The summed E-state index contributed by atoms with van der Waals surface area (Å²) in [6.45, 7) is 0. The van der Waals surface area contributed by atoms with Crippen LogP contribution in [0, 0.1) is 0 Å². The molecule has 12 atom stereocenters. The number of carbonyl (C=O) groups is 3. The number of piperidine rings is 3. The van der Waals surface area contributed by atoms with Gasteiger partial charge in [-0.3, -0.25) is 4.90 Å². The number of nitrogens with one attached hydrogen (secondary N) is 1. The van der Waals surface area contributed by atoms with Gasteiger partial charge in [-0.15, -0.1) is 68.0 Å². The van der Waals surface area contributed by atoms with Gasteiger partial charge in [-0.25, -0.2) is 14.4 Å². The van der Waals surface area contributed by atoms with Crippen LogP contribution in [-0.2, 0) is 59.6 Å². The van der Waals surface area contributed by atoms with Crippen molar-refractivity contribution < 1.29 is 89.6 Å². The number of thiophene rings is 6. The van der Waals surface area contributed by atoms with E-state index in [-0.39, 0.29) is 65.0 Å². The van der Waals surface area contributed by atoms with Crippen molar-refractivity contribution in [2.75, 3.05) is 41.1 Å². The van der Waals surface area contributed by atoms with Crippen molar-refractivity contribution in [2.24, 2.45) is 0 Å². The first-order chi connectivity index (χ1) is 38.5. The normalized spacial score (nSPS) is 31.2. The van der Waals surface area contributed by atoms with Crippen molar-refractivity contribution in [2.45, 2.75) is 176 Å². The number of fused-ring (bicyclic) bond motifs is 15. The highest BCUT2D eigenvalue weighted by Crippen LogP contribution is 2.53. The predicted molar refractivity (Wildman–Crippen MR) is 338 cm³/mol. The van der Waals surface area contributed by atoms with Crippen LogP contribution in [0.1, 0.15) is 97.5 Å². The van der Waals surface area contributed by atoms with Crippen molar-refractivity contribution in [1.82, 2.24) is 4.90 Å². The summed E-state index contributed by atoms with van der Waals surface area (Å²) in [4.78, 5) is 45.4. The molecular formula is C61H84Br2N3O13S6+. The first-order valence-electron chi connectivity index (χ1n) is 26.8. The van der Waals surface area contributed by atoms with Crippen molar-refractivity contribution in [3.05, 3.63) is 134 Å². The number of carbonyl (C=O) groups excluding carboxylic acids is 3. The van der Waals surface area contributed by atoms with E-state index >= 15 is 0 Å². The fourth-order valence-electron chi connectivity index (χ4n) is 13.5. The van der Waals surface area contributed by atoms with E-state index in [1.807, 2.05) is 62.4 Å². The number of morpholine rings is 3. The van der Waals surface area contributed by atoms with E-state index in [1.54, 1.807) is 53.4 Å². The summed E-state index contributed by atoms with van der Waals surface area (Å²) in [7, 11) is 10.1. The molecule has 0 radical (unpaired) electrons. The van der Waals surface area contributed by atoms with Crippen molar-refractivity contribution in [1.29, 1.82) is 0 Å². The van der Waals surface area contributed by atoms with E-state index in [2.05, 4.69) is 53.8 Å². The van der Waals surface area contributed by atoms with Crippen molar-refractivity contribution in [3.63, 3.8) is 0 Å². The van der Waals surface area contributed by atoms with Gasteiger partial charge in [0.2, 0.25) is 16.8 Å².